The Morgan fingerprint density at radius 1 is 0.267 bits per heavy atom. The molecule has 0 aromatic rings. The second kappa shape index (κ2) is 72.3. The van der Waals surface area contributed by atoms with Crippen LogP contribution in [0.15, 0.2) is 0 Å². The highest BCUT2D eigenvalue weighted by atomic mass is 31.2. The van der Waals surface area contributed by atoms with Gasteiger partial charge in [-0.3, -0.25) is 37.3 Å². The number of phosphoric ester groups is 2. The number of phosphoric acid groups is 2. The fraction of sp³-hybridized carbons (Fsp3) is 0.951. The van der Waals surface area contributed by atoms with E-state index in [9.17, 15) is 43.2 Å². The molecule has 5 atom stereocenters. The zero-order valence-electron chi connectivity index (χ0n) is 66.4. The van der Waals surface area contributed by atoms with Gasteiger partial charge in [-0.25, -0.2) is 9.13 Å². The minimum atomic E-state index is -4.96. The van der Waals surface area contributed by atoms with Crippen molar-refractivity contribution in [2.75, 3.05) is 39.6 Å². The van der Waals surface area contributed by atoms with Crippen LogP contribution in [0.5, 0.6) is 0 Å². The molecule has 0 aliphatic heterocycles. The molecule has 0 rings (SSSR count). The maximum Gasteiger partial charge on any atom is 0.472 e. The maximum absolute atomic E-state index is 13.1. The summed E-state index contributed by atoms with van der Waals surface area (Å²) >= 11 is 0. The molecule has 600 valence electrons. The third-order valence-electron chi connectivity index (χ3n) is 19.1. The maximum atomic E-state index is 13.1. The Bertz CT molecular complexity index is 1960. The molecule has 0 radical (unpaired) electrons. The Hall–Kier alpha value is -1.94. The van der Waals surface area contributed by atoms with Crippen LogP contribution in [0.3, 0.4) is 0 Å². The van der Waals surface area contributed by atoms with E-state index in [0.717, 1.165) is 108 Å². The van der Waals surface area contributed by atoms with Crippen molar-refractivity contribution in [1.29, 1.82) is 0 Å². The Morgan fingerprint density at radius 2 is 0.455 bits per heavy atom. The van der Waals surface area contributed by atoms with Gasteiger partial charge in [0.2, 0.25) is 0 Å². The number of unbranched alkanes of at least 4 members (excludes halogenated alkanes) is 48. The first kappa shape index (κ1) is 99.1. The van der Waals surface area contributed by atoms with Crippen molar-refractivity contribution in [3.05, 3.63) is 0 Å². The number of esters is 4. The molecule has 101 heavy (non-hydrogen) atoms. The van der Waals surface area contributed by atoms with Gasteiger partial charge < -0.3 is 33.8 Å². The first-order valence-electron chi connectivity index (χ1n) is 42.3. The van der Waals surface area contributed by atoms with Gasteiger partial charge in [-0.1, -0.05) is 376 Å². The molecule has 0 saturated heterocycles. The Labute approximate surface area is 619 Å². The van der Waals surface area contributed by atoms with Crippen LogP contribution in [-0.4, -0.2) is 96.7 Å². The second-order valence-electron chi connectivity index (χ2n) is 30.9. The van der Waals surface area contributed by atoms with Crippen LogP contribution >= 0.6 is 15.6 Å². The van der Waals surface area contributed by atoms with E-state index in [2.05, 4.69) is 48.5 Å². The second-order valence-corrected chi connectivity index (χ2v) is 33.8. The van der Waals surface area contributed by atoms with E-state index in [0.29, 0.717) is 31.6 Å². The van der Waals surface area contributed by atoms with Gasteiger partial charge in [-0.2, -0.15) is 0 Å². The number of hydrogen-bond acceptors (Lipinski definition) is 15. The Kier molecular flexibility index (Phi) is 70.9. The SMILES string of the molecule is CCCCCCCCCCCCCCCCCCCCCCCCC(=O)O[C@H](COC(=O)CCCCCCCCCCCCCCCCCC(C)C)COP(=O)(O)OC[C@@H](O)COP(=O)(O)OC[C@@H](COC(=O)CCCCCCCCC(C)C)OC(=O)CCCCCCCCCCCC(C)C. The minimum Gasteiger partial charge on any atom is -0.462 e. The van der Waals surface area contributed by atoms with Gasteiger partial charge >= 0.3 is 39.5 Å². The number of hydrogen-bond donors (Lipinski definition) is 3. The molecular formula is C82H160O17P2. The minimum absolute atomic E-state index is 0.104. The molecule has 3 N–H and O–H groups in total. The van der Waals surface area contributed by atoms with Crippen molar-refractivity contribution in [3.8, 4) is 0 Å². The first-order valence-corrected chi connectivity index (χ1v) is 45.3. The number of carbonyl (C=O) groups is 4. The van der Waals surface area contributed by atoms with Crippen LogP contribution in [0.1, 0.15) is 427 Å². The number of aliphatic hydroxyl groups is 1. The number of carbonyl (C=O) groups excluding carboxylic acids is 4. The molecular weight excluding hydrogens is 1320 g/mol. The number of ether oxygens (including phenoxy) is 4. The van der Waals surface area contributed by atoms with E-state index < -0.39 is 97.5 Å². The molecule has 17 nitrogen and oxygen atoms in total. The summed E-state index contributed by atoms with van der Waals surface area (Å²) in [4.78, 5) is 73.0. The quantitative estimate of drug-likeness (QED) is 0.0222. The van der Waals surface area contributed by atoms with Gasteiger partial charge in [0.05, 0.1) is 26.4 Å². The highest BCUT2D eigenvalue weighted by Crippen LogP contribution is 2.45. The predicted molar refractivity (Wildman–Crippen MR) is 414 cm³/mol. The van der Waals surface area contributed by atoms with Gasteiger partial charge in [0.15, 0.2) is 12.2 Å². The molecule has 0 heterocycles. The van der Waals surface area contributed by atoms with Gasteiger partial charge in [0.25, 0.3) is 0 Å². The third-order valence-corrected chi connectivity index (χ3v) is 21.0. The molecule has 2 unspecified atom stereocenters. The molecule has 0 amide bonds. The lowest BCUT2D eigenvalue weighted by Crippen LogP contribution is -2.30. The zero-order valence-corrected chi connectivity index (χ0v) is 68.2. The summed E-state index contributed by atoms with van der Waals surface area (Å²) in [5.41, 5.74) is 0. The van der Waals surface area contributed by atoms with E-state index in [4.69, 9.17) is 37.0 Å². The van der Waals surface area contributed by atoms with E-state index in [-0.39, 0.29) is 25.7 Å². The Balaban J connectivity index is 5.19. The zero-order chi connectivity index (χ0) is 74.4. The molecule has 0 fully saturated rings. The summed E-state index contributed by atoms with van der Waals surface area (Å²) < 4.78 is 68.7. The fourth-order valence-corrected chi connectivity index (χ4v) is 14.2. The monoisotopic (exact) mass is 1480 g/mol. The first-order chi connectivity index (χ1) is 48.7. The summed E-state index contributed by atoms with van der Waals surface area (Å²) in [6.45, 7) is 11.9. The van der Waals surface area contributed by atoms with Gasteiger partial charge in [-0.05, 0) is 43.4 Å². The lowest BCUT2D eigenvalue weighted by molar-refractivity contribution is -0.161. The summed E-state index contributed by atoms with van der Waals surface area (Å²) in [6.07, 6.45) is 61.5. The van der Waals surface area contributed by atoms with Crippen molar-refractivity contribution in [2.45, 2.75) is 446 Å². The van der Waals surface area contributed by atoms with Crippen molar-refractivity contribution in [2.24, 2.45) is 17.8 Å². The lowest BCUT2D eigenvalue weighted by Gasteiger charge is -2.21. The highest BCUT2D eigenvalue weighted by Gasteiger charge is 2.30. The third kappa shape index (κ3) is 76.1. The van der Waals surface area contributed by atoms with Crippen molar-refractivity contribution in [3.63, 3.8) is 0 Å². The summed E-state index contributed by atoms with van der Waals surface area (Å²) in [7, 11) is -9.92. The topological polar surface area (TPSA) is 237 Å². The molecule has 0 aliphatic carbocycles. The van der Waals surface area contributed by atoms with Crippen molar-refractivity contribution in [1.82, 2.24) is 0 Å². The normalized spacial score (nSPS) is 14.0. The van der Waals surface area contributed by atoms with E-state index >= 15 is 0 Å². The molecule has 0 aliphatic rings. The standard InChI is InChI=1S/C82H160O17P2/c1-8-9-10-11-12-13-14-15-16-17-18-19-20-21-22-25-29-32-37-42-51-58-65-81(86)98-77(69-92-79(84)63-56-49-41-36-31-28-26-23-24-27-30-34-39-46-53-60-73(2)3)71-96-100(88,89)94-67-76(83)68-95-101(90,91)97-72-78(70-93-80(85)64-57-50-45-44-48-55-62-75(6)7)99-82(87)66-59-52-43-38-33-35-40-47-54-61-74(4)5/h73-78,83H,8-72H2,1-7H3,(H,88,89)(H,90,91)/t76-,77-,78-/m1/s1. The Morgan fingerprint density at radius 3 is 0.673 bits per heavy atom. The fourth-order valence-electron chi connectivity index (χ4n) is 12.7. The predicted octanol–water partition coefficient (Wildman–Crippen LogP) is 24.5. The lowest BCUT2D eigenvalue weighted by atomic mass is 10.0. The number of rotatable bonds is 80. The van der Waals surface area contributed by atoms with E-state index in [1.54, 1.807) is 0 Å². The van der Waals surface area contributed by atoms with Crippen LogP contribution in [0, 0.1) is 17.8 Å². The summed E-state index contributed by atoms with van der Waals surface area (Å²) in [5.74, 6) is 0.107. The smallest absolute Gasteiger partial charge is 0.462 e. The van der Waals surface area contributed by atoms with Crippen LogP contribution in [0.25, 0.3) is 0 Å². The van der Waals surface area contributed by atoms with Crippen LogP contribution in [-0.2, 0) is 65.4 Å². The van der Waals surface area contributed by atoms with Crippen LogP contribution < -0.4 is 0 Å². The number of aliphatic hydroxyl groups excluding tert-OH is 1. The van der Waals surface area contributed by atoms with Crippen LogP contribution in [0.2, 0.25) is 0 Å². The van der Waals surface area contributed by atoms with Gasteiger partial charge in [0.1, 0.15) is 19.3 Å². The van der Waals surface area contributed by atoms with Crippen molar-refractivity contribution >= 4 is 39.5 Å². The van der Waals surface area contributed by atoms with Crippen molar-refractivity contribution < 1.29 is 80.2 Å². The molecule has 19 heteroatoms. The summed E-state index contributed by atoms with van der Waals surface area (Å²) in [6, 6.07) is 0. The average molecular weight is 1480 g/mol. The molecule has 0 spiro atoms. The highest BCUT2D eigenvalue weighted by molar-refractivity contribution is 7.47. The van der Waals surface area contributed by atoms with E-state index in [1.165, 1.54) is 231 Å². The van der Waals surface area contributed by atoms with Crippen LogP contribution in [0.4, 0.5) is 0 Å². The van der Waals surface area contributed by atoms with E-state index in [1.807, 2.05) is 0 Å². The largest absolute Gasteiger partial charge is 0.472 e. The van der Waals surface area contributed by atoms with Gasteiger partial charge in [-0.15, -0.1) is 0 Å². The molecule has 0 bridgehead atoms. The molecule has 0 aromatic heterocycles. The summed E-state index contributed by atoms with van der Waals surface area (Å²) in [5, 5.41) is 10.6. The molecule has 0 aromatic carbocycles. The molecule has 0 saturated carbocycles. The average Bonchev–Trinajstić information content (AvgIpc) is 0.995. The van der Waals surface area contributed by atoms with Gasteiger partial charge in [0, 0.05) is 25.7 Å².